The summed E-state index contributed by atoms with van der Waals surface area (Å²) < 4.78 is 1.92. The second kappa shape index (κ2) is 6.46. The maximum atomic E-state index is 12.7. The number of carbonyl (C=O) groups excluding carboxylic acids is 1. The average molecular weight is 340 g/mol. The van der Waals surface area contributed by atoms with Gasteiger partial charge in [0.25, 0.3) is 0 Å². The van der Waals surface area contributed by atoms with Crippen molar-refractivity contribution >= 4 is 11.7 Å². The van der Waals surface area contributed by atoms with Crippen LogP contribution in [0, 0.1) is 18.8 Å². The summed E-state index contributed by atoms with van der Waals surface area (Å²) in [6.45, 7) is 4.03. The number of hydrogen-bond donors (Lipinski definition) is 0. The van der Waals surface area contributed by atoms with Crippen LogP contribution in [-0.4, -0.2) is 56.7 Å². The van der Waals surface area contributed by atoms with Gasteiger partial charge in [-0.1, -0.05) is 0 Å². The highest BCUT2D eigenvalue weighted by molar-refractivity contribution is 5.76. The third-order valence-corrected chi connectivity index (χ3v) is 5.82. The van der Waals surface area contributed by atoms with Gasteiger partial charge in [-0.2, -0.15) is 5.10 Å². The molecule has 0 aromatic carbocycles. The van der Waals surface area contributed by atoms with Crippen LogP contribution in [0.3, 0.4) is 0 Å². The summed E-state index contributed by atoms with van der Waals surface area (Å²) in [6, 6.07) is 4.35. The highest BCUT2D eigenvalue weighted by Crippen LogP contribution is 2.41. The van der Waals surface area contributed by atoms with Gasteiger partial charge < -0.3 is 14.4 Å². The Morgan fingerprint density at radius 3 is 2.92 bits per heavy atom. The van der Waals surface area contributed by atoms with E-state index in [2.05, 4.69) is 27.1 Å². The van der Waals surface area contributed by atoms with Gasteiger partial charge in [0.05, 0.1) is 0 Å². The number of aromatic nitrogens is 4. The quantitative estimate of drug-likeness (QED) is 0.841. The van der Waals surface area contributed by atoms with E-state index in [4.69, 9.17) is 0 Å². The fourth-order valence-electron chi connectivity index (χ4n) is 4.39. The number of aryl methyl sites for hydroxylation is 1. The smallest absolute Gasteiger partial charge is 0.242 e. The third-order valence-electron chi connectivity index (χ3n) is 5.82. The topological polar surface area (TPSA) is 67.2 Å². The van der Waals surface area contributed by atoms with Crippen molar-refractivity contribution < 1.29 is 4.79 Å². The van der Waals surface area contributed by atoms with E-state index in [1.54, 1.807) is 12.4 Å². The van der Waals surface area contributed by atoms with Crippen molar-refractivity contribution in [3.8, 4) is 0 Å². The summed E-state index contributed by atoms with van der Waals surface area (Å²) in [5, 5.41) is 8.23. The maximum absolute atomic E-state index is 12.7. The Labute approximate surface area is 147 Å². The van der Waals surface area contributed by atoms with Crippen LogP contribution in [-0.2, 0) is 11.3 Å². The molecular weight excluding hydrogens is 316 g/mol. The van der Waals surface area contributed by atoms with Gasteiger partial charge in [0.1, 0.15) is 12.4 Å². The van der Waals surface area contributed by atoms with E-state index in [0.717, 1.165) is 31.2 Å². The molecule has 0 N–H and O–H groups in total. The van der Waals surface area contributed by atoms with E-state index in [9.17, 15) is 4.79 Å². The summed E-state index contributed by atoms with van der Waals surface area (Å²) in [6.07, 6.45) is 7.64. The highest BCUT2D eigenvalue weighted by Gasteiger charge is 2.45. The van der Waals surface area contributed by atoms with Gasteiger partial charge in [-0.05, 0) is 37.8 Å². The number of rotatable bonds is 4. The minimum atomic E-state index is 0.191. The molecule has 2 aromatic rings. The second-order valence-corrected chi connectivity index (χ2v) is 7.16. The zero-order valence-electron chi connectivity index (χ0n) is 14.7. The van der Waals surface area contributed by atoms with Gasteiger partial charge in [-0.15, -0.1) is 5.10 Å². The third kappa shape index (κ3) is 2.99. The lowest BCUT2D eigenvalue weighted by atomic mass is 9.97. The Balaban J connectivity index is 1.42. The average Bonchev–Trinajstić information content (AvgIpc) is 3.31. The molecule has 1 saturated heterocycles. The largest absolute Gasteiger partial charge is 0.355 e. The van der Waals surface area contributed by atoms with Crippen LogP contribution in [0.2, 0.25) is 0 Å². The standard InChI is InChI=1S/C18H24N6O/c1-13-19-8-9-23(13)12-18(25)24-10-14-5-6-16(15(14)11-24)22(2)17-4-3-7-20-21-17/h3-4,7-9,14-16H,5-6,10-12H2,1-2H3/t14-,15+,16-/m1/s1. The van der Waals surface area contributed by atoms with Gasteiger partial charge in [0, 0.05) is 50.7 Å². The first kappa shape index (κ1) is 16.1. The lowest BCUT2D eigenvalue weighted by Gasteiger charge is -2.30. The van der Waals surface area contributed by atoms with Crippen LogP contribution >= 0.6 is 0 Å². The molecule has 0 spiro atoms. The van der Waals surface area contributed by atoms with Gasteiger partial charge in [-0.3, -0.25) is 4.79 Å². The number of nitrogens with zero attached hydrogens (tertiary/aromatic N) is 6. The van der Waals surface area contributed by atoms with E-state index in [0.29, 0.717) is 24.4 Å². The van der Waals surface area contributed by atoms with Crippen LogP contribution in [0.4, 0.5) is 5.82 Å². The zero-order valence-corrected chi connectivity index (χ0v) is 14.7. The van der Waals surface area contributed by atoms with Crippen molar-refractivity contribution in [3.63, 3.8) is 0 Å². The first-order valence-corrected chi connectivity index (χ1v) is 8.89. The Morgan fingerprint density at radius 1 is 1.32 bits per heavy atom. The Morgan fingerprint density at radius 2 is 2.20 bits per heavy atom. The molecule has 4 rings (SSSR count). The van der Waals surface area contributed by atoms with Crippen molar-refractivity contribution in [2.24, 2.45) is 11.8 Å². The normalized spacial score (nSPS) is 25.2. The van der Waals surface area contributed by atoms with Crippen LogP contribution in [0.5, 0.6) is 0 Å². The van der Waals surface area contributed by atoms with Crippen LogP contribution in [0.1, 0.15) is 18.7 Å². The number of likely N-dealkylation sites (tertiary alicyclic amines) is 1. The fraction of sp³-hybridized carbons (Fsp3) is 0.556. The maximum Gasteiger partial charge on any atom is 0.242 e. The van der Waals surface area contributed by atoms with Gasteiger partial charge in [0.2, 0.25) is 5.91 Å². The predicted octanol–water partition coefficient (Wildman–Crippen LogP) is 1.35. The number of fused-ring (bicyclic) bond motifs is 1. The summed E-state index contributed by atoms with van der Waals surface area (Å²) in [7, 11) is 2.09. The molecular formula is C18H24N6O. The van der Waals surface area contributed by atoms with Crippen molar-refractivity contribution in [2.45, 2.75) is 32.4 Å². The van der Waals surface area contributed by atoms with Crippen molar-refractivity contribution in [2.75, 3.05) is 25.0 Å². The second-order valence-electron chi connectivity index (χ2n) is 7.16. The fourth-order valence-corrected chi connectivity index (χ4v) is 4.39. The number of imidazole rings is 1. The first-order chi connectivity index (χ1) is 12.1. The summed E-state index contributed by atoms with van der Waals surface area (Å²) in [4.78, 5) is 21.2. The summed E-state index contributed by atoms with van der Waals surface area (Å²) in [5.41, 5.74) is 0. The number of anilines is 1. The lowest BCUT2D eigenvalue weighted by molar-refractivity contribution is -0.131. The molecule has 0 radical (unpaired) electrons. The Bertz CT molecular complexity index is 745. The minimum absolute atomic E-state index is 0.191. The molecule has 1 saturated carbocycles. The van der Waals surface area contributed by atoms with E-state index in [-0.39, 0.29) is 5.91 Å². The van der Waals surface area contributed by atoms with Crippen molar-refractivity contribution in [1.82, 2.24) is 24.6 Å². The monoisotopic (exact) mass is 340 g/mol. The zero-order chi connectivity index (χ0) is 17.4. The summed E-state index contributed by atoms with van der Waals surface area (Å²) in [5.74, 6) is 3.09. The van der Waals surface area contributed by atoms with Crippen LogP contribution < -0.4 is 4.90 Å². The Hall–Kier alpha value is -2.44. The van der Waals surface area contributed by atoms with Gasteiger partial charge >= 0.3 is 0 Å². The number of hydrogen-bond acceptors (Lipinski definition) is 5. The first-order valence-electron chi connectivity index (χ1n) is 8.89. The number of amides is 1. The molecule has 1 amide bonds. The molecule has 1 aliphatic carbocycles. The van der Waals surface area contributed by atoms with Crippen LogP contribution in [0.25, 0.3) is 0 Å². The van der Waals surface area contributed by atoms with E-state index >= 15 is 0 Å². The predicted molar refractivity (Wildman–Crippen MR) is 94.0 cm³/mol. The molecule has 3 atom stereocenters. The van der Waals surface area contributed by atoms with Crippen LogP contribution in [0.15, 0.2) is 30.7 Å². The molecule has 25 heavy (non-hydrogen) atoms. The van der Waals surface area contributed by atoms with Gasteiger partial charge in [0.15, 0.2) is 5.82 Å². The molecule has 0 unspecified atom stereocenters. The van der Waals surface area contributed by atoms with Crippen molar-refractivity contribution in [1.29, 1.82) is 0 Å². The Kier molecular flexibility index (Phi) is 4.15. The van der Waals surface area contributed by atoms with E-state index in [1.807, 2.05) is 34.7 Å². The van der Waals surface area contributed by atoms with Gasteiger partial charge in [-0.25, -0.2) is 4.98 Å². The molecule has 7 nitrogen and oxygen atoms in total. The molecule has 3 heterocycles. The minimum Gasteiger partial charge on any atom is -0.355 e. The number of carbonyl (C=O) groups is 1. The highest BCUT2D eigenvalue weighted by atomic mass is 16.2. The van der Waals surface area contributed by atoms with E-state index in [1.165, 1.54) is 6.42 Å². The van der Waals surface area contributed by atoms with Crippen molar-refractivity contribution in [3.05, 3.63) is 36.5 Å². The molecule has 2 aliphatic rings. The summed E-state index contributed by atoms with van der Waals surface area (Å²) >= 11 is 0. The lowest BCUT2D eigenvalue weighted by Crippen LogP contribution is -2.39. The van der Waals surface area contributed by atoms with E-state index < -0.39 is 0 Å². The molecule has 7 heteroatoms. The SMILES string of the molecule is Cc1nccn1CC(=O)N1C[C@H]2CC[C@@H](N(C)c3cccnn3)[C@H]2C1. The molecule has 132 valence electrons. The molecule has 2 fully saturated rings. The molecule has 1 aliphatic heterocycles. The molecule has 2 aromatic heterocycles. The molecule has 0 bridgehead atoms.